The van der Waals surface area contributed by atoms with E-state index in [1.165, 1.54) is 25.7 Å². The topological polar surface area (TPSA) is 25.8 Å². The van der Waals surface area contributed by atoms with Crippen molar-refractivity contribution >= 4 is 11.6 Å². The number of aromatic nitrogens is 2. The highest BCUT2D eigenvalue weighted by Crippen LogP contribution is 2.34. The van der Waals surface area contributed by atoms with Crippen LogP contribution in [0.4, 0.5) is 0 Å². The third-order valence-electron chi connectivity index (χ3n) is 3.22. The average molecular weight is 253 g/mol. The Balaban J connectivity index is 2.22. The highest BCUT2D eigenvalue weighted by atomic mass is 35.5. The normalized spacial score (nSPS) is 17.6. The quantitative estimate of drug-likeness (QED) is 0.730. The molecule has 94 valence electrons. The first-order chi connectivity index (χ1) is 7.94. The first-order valence-corrected chi connectivity index (χ1v) is 6.85. The Morgan fingerprint density at radius 2 is 1.88 bits per heavy atom. The standard InChI is InChI=1S/C14H21ClN2/c1-14(2,3)9-13-16-11(8-12(15)17-13)10-6-4-5-7-10/h8,10H,4-7,9H2,1-3H3. The van der Waals surface area contributed by atoms with Crippen LogP contribution in [0.25, 0.3) is 0 Å². The Kier molecular flexibility index (Phi) is 3.72. The van der Waals surface area contributed by atoms with Crippen LogP contribution < -0.4 is 0 Å². The summed E-state index contributed by atoms with van der Waals surface area (Å²) in [6.07, 6.45) is 6.03. The molecule has 1 aliphatic carbocycles. The Morgan fingerprint density at radius 1 is 1.24 bits per heavy atom. The van der Waals surface area contributed by atoms with Crippen LogP contribution in [-0.4, -0.2) is 9.97 Å². The molecule has 1 fully saturated rings. The van der Waals surface area contributed by atoms with Gasteiger partial charge in [0.15, 0.2) is 0 Å². The van der Waals surface area contributed by atoms with Gasteiger partial charge in [-0.3, -0.25) is 0 Å². The lowest BCUT2D eigenvalue weighted by Crippen LogP contribution is -2.13. The molecular weight excluding hydrogens is 232 g/mol. The van der Waals surface area contributed by atoms with Gasteiger partial charge in [-0.25, -0.2) is 9.97 Å². The van der Waals surface area contributed by atoms with E-state index in [-0.39, 0.29) is 5.41 Å². The Hall–Kier alpha value is -0.630. The van der Waals surface area contributed by atoms with E-state index in [1.807, 2.05) is 6.07 Å². The summed E-state index contributed by atoms with van der Waals surface area (Å²) in [7, 11) is 0. The van der Waals surface area contributed by atoms with Gasteiger partial charge in [-0.1, -0.05) is 45.2 Å². The summed E-state index contributed by atoms with van der Waals surface area (Å²) in [5, 5.41) is 0.598. The molecule has 0 atom stereocenters. The van der Waals surface area contributed by atoms with Gasteiger partial charge in [0.05, 0.1) is 0 Å². The molecule has 2 nitrogen and oxygen atoms in total. The van der Waals surface area contributed by atoms with Crippen molar-refractivity contribution in [3.8, 4) is 0 Å². The van der Waals surface area contributed by atoms with Crippen molar-refractivity contribution in [2.45, 2.75) is 58.8 Å². The molecule has 1 heterocycles. The van der Waals surface area contributed by atoms with Crippen LogP contribution in [-0.2, 0) is 6.42 Å². The van der Waals surface area contributed by atoms with Crippen LogP contribution in [0.15, 0.2) is 6.07 Å². The number of hydrogen-bond acceptors (Lipinski definition) is 2. The van der Waals surface area contributed by atoms with E-state index in [4.69, 9.17) is 16.6 Å². The molecule has 0 saturated heterocycles. The highest BCUT2D eigenvalue weighted by molar-refractivity contribution is 6.29. The van der Waals surface area contributed by atoms with Crippen molar-refractivity contribution in [2.75, 3.05) is 0 Å². The van der Waals surface area contributed by atoms with Gasteiger partial charge in [-0.2, -0.15) is 0 Å². The largest absolute Gasteiger partial charge is 0.238 e. The van der Waals surface area contributed by atoms with Crippen molar-refractivity contribution in [2.24, 2.45) is 5.41 Å². The molecule has 0 spiro atoms. The van der Waals surface area contributed by atoms with Gasteiger partial charge in [0, 0.05) is 18.0 Å². The summed E-state index contributed by atoms with van der Waals surface area (Å²) in [4.78, 5) is 9.05. The molecule has 0 radical (unpaired) electrons. The second-order valence-corrected chi connectivity index (χ2v) is 6.64. The maximum absolute atomic E-state index is 6.11. The lowest BCUT2D eigenvalue weighted by molar-refractivity contribution is 0.399. The molecule has 0 unspecified atom stereocenters. The van der Waals surface area contributed by atoms with E-state index in [0.29, 0.717) is 11.1 Å². The predicted molar refractivity (Wildman–Crippen MR) is 71.4 cm³/mol. The summed E-state index contributed by atoms with van der Waals surface area (Å²) < 4.78 is 0. The van der Waals surface area contributed by atoms with E-state index in [0.717, 1.165) is 17.9 Å². The second kappa shape index (κ2) is 4.93. The Morgan fingerprint density at radius 3 is 2.47 bits per heavy atom. The first-order valence-electron chi connectivity index (χ1n) is 6.47. The third kappa shape index (κ3) is 3.67. The fourth-order valence-electron chi connectivity index (χ4n) is 2.47. The molecule has 1 aromatic heterocycles. The summed E-state index contributed by atoms with van der Waals surface area (Å²) in [6, 6.07) is 1.95. The molecule has 3 heteroatoms. The van der Waals surface area contributed by atoms with Crippen LogP contribution in [0.5, 0.6) is 0 Å². The van der Waals surface area contributed by atoms with Gasteiger partial charge in [0.1, 0.15) is 11.0 Å². The van der Waals surface area contributed by atoms with Crippen LogP contribution >= 0.6 is 11.6 Å². The lowest BCUT2D eigenvalue weighted by Gasteiger charge is -2.18. The SMILES string of the molecule is CC(C)(C)Cc1nc(Cl)cc(C2CCCC2)n1. The Bertz CT molecular complexity index is 390. The van der Waals surface area contributed by atoms with Crippen LogP contribution in [0.1, 0.15) is 63.9 Å². The summed E-state index contributed by atoms with van der Waals surface area (Å²) >= 11 is 6.11. The van der Waals surface area contributed by atoms with E-state index < -0.39 is 0 Å². The van der Waals surface area contributed by atoms with Gasteiger partial charge in [0.25, 0.3) is 0 Å². The fraction of sp³-hybridized carbons (Fsp3) is 0.714. The average Bonchev–Trinajstić information content (AvgIpc) is 2.65. The minimum absolute atomic E-state index is 0.206. The third-order valence-corrected chi connectivity index (χ3v) is 3.42. The molecule has 17 heavy (non-hydrogen) atoms. The molecule has 0 aromatic carbocycles. The molecule has 2 rings (SSSR count). The van der Waals surface area contributed by atoms with Crippen LogP contribution in [0, 0.1) is 5.41 Å². The van der Waals surface area contributed by atoms with E-state index in [1.54, 1.807) is 0 Å². The first kappa shape index (κ1) is 12.8. The van der Waals surface area contributed by atoms with Crippen molar-refractivity contribution in [1.82, 2.24) is 9.97 Å². The highest BCUT2D eigenvalue weighted by Gasteiger charge is 2.21. The molecule has 0 N–H and O–H groups in total. The Labute approximate surface area is 109 Å². The molecule has 1 aromatic rings. The van der Waals surface area contributed by atoms with Crippen LogP contribution in [0.2, 0.25) is 5.15 Å². The lowest BCUT2D eigenvalue weighted by atomic mass is 9.92. The molecule has 0 bridgehead atoms. The summed E-state index contributed by atoms with van der Waals surface area (Å²) in [6.45, 7) is 6.60. The zero-order valence-electron chi connectivity index (χ0n) is 11.0. The van der Waals surface area contributed by atoms with E-state index >= 15 is 0 Å². The monoisotopic (exact) mass is 252 g/mol. The van der Waals surface area contributed by atoms with Crippen molar-refractivity contribution in [3.05, 3.63) is 22.7 Å². The minimum atomic E-state index is 0.206. The second-order valence-electron chi connectivity index (χ2n) is 6.25. The summed E-state index contributed by atoms with van der Waals surface area (Å²) in [5.41, 5.74) is 1.36. The van der Waals surface area contributed by atoms with Gasteiger partial charge in [-0.05, 0) is 24.3 Å². The van der Waals surface area contributed by atoms with Gasteiger partial charge >= 0.3 is 0 Å². The number of rotatable bonds is 2. The maximum atomic E-state index is 6.11. The fourth-order valence-corrected chi connectivity index (χ4v) is 2.68. The van der Waals surface area contributed by atoms with Gasteiger partial charge < -0.3 is 0 Å². The van der Waals surface area contributed by atoms with Crippen molar-refractivity contribution in [3.63, 3.8) is 0 Å². The van der Waals surface area contributed by atoms with Crippen molar-refractivity contribution in [1.29, 1.82) is 0 Å². The zero-order chi connectivity index (χ0) is 12.5. The molecular formula is C14H21ClN2. The molecule has 0 aliphatic heterocycles. The smallest absolute Gasteiger partial charge is 0.133 e. The summed E-state index contributed by atoms with van der Waals surface area (Å²) in [5.74, 6) is 1.50. The maximum Gasteiger partial charge on any atom is 0.133 e. The molecule has 1 aliphatic rings. The van der Waals surface area contributed by atoms with Gasteiger partial charge in [0.2, 0.25) is 0 Å². The zero-order valence-corrected chi connectivity index (χ0v) is 11.7. The van der Waals surface area contributed by atoms with Gasteiger partial charge in [-0.15, -0.1) is 0 Å². The van der Waals surface area contributed by atoms with E-state index in [9.17, 15) is 0 Å². The number of halogens is 1. The minimum Gasteiger partial charge on any atom is -0.238 e. The number of hydrogen-bond donors (Lipinski definition) is 0. The van der Waals surface area contributed by atoms with E-state index in [2.05, 4.69) is 25.8 Å². The number of nitrogens with zero attached hydrogens (tertiary/aromatic N) is 2. The predicted octanol–water partition coefficient (Wildman–Crippen LogP) is 4.38. The molecule has 0 amide bonds. The van der Waals surface area contributed by atoms with Crippen molar-refractivity contribution < 1.29 is 0 Å². The molecule has 1 saturated carbocycles. The van der Waals surface area contributed by atoms with Crippen LogP contribution in [0.3, 0.4) is 0 Å².